The van der Waals surface area contributed by atoms with Crippen LogP contribution < -0.4 is 5.48 Å². The van der Waals surface area contributed by atoms with Gasteiger partial charge in [0.2, 0.25) is 5.82 Å². The second-order valence-corrected chi connectivity index (χ2v) is 6.11. The fraction of sp³-hybridized carbons (Fsp3) is 0.562. The Kier molecular flexibility index (Phi) is 5.85. The molecule has 0 saturated carbocycles. The number of hydrogen-bond donors (Lipinski definition) is 5. The summed E-state index contributed by atoms with van der Waals surface area (Å²) in [4.78, 5) is 17.7. The highest BCUT2D eigenvalue weighted by Crippen LogP contribution is 2.32. The zero-order valence-corrected chi connectivity index (χ0v) is 14.8. The van der Waals surface area contributed by atoms with E-state index in [0.29, 0.717) is 11.2 Å². The summed E-state index contributed by atoms with van der Waals surface area (Å²) in [7, 11) is 1.41. The predicted molar refractivity (Wildman–Crippen MR) is 92.1 cm³/mol. The first-order valence-corrected chi connectivity index (χ1v) is 8.29. The summed E-state index contributed by atoms with van der Waals surface area (Å²) in [5, 5.41) is 38.8. The molecule has 5 atom stereocenters. The number of hydrogen-bond acceptors (Lipinski definition) is 10. The second kappa shape index (κ2) is 8.13. The van der Waals surface area contributed by atoms with E-state index in [9.17, 15) is 20.4 Å². The van der Waals surface area contributed by atoms with Gasteiger partial charge in [-0.1, -0.05) is 5.92 Å². The maximum Gasteiger partial charge on any atom is 0.209 e. The van der Waals surface area contributed by atoms with E-state index in [-0.39, 0.29) is 18.1 Å². The van der Waals surface area contributed by atoms with Crippen molar-refractivity contribution in [3.8, 4) is 11.8 Å². The Morgan fingerprint density at radius 2 is 2.15 bits per heavy atom. The third kappa shape index (κ3) is 3.86. The van der Waals surface area contributed by atoms with Crippen molar-refractivity contribution in [3.05, 3.63) is 12.2 Å². The molecule has 1 aliphatic rings. The number of ether oxygens (including phenoxy) is 1. The van der Waals surface area contributed by atoms with E-state index in [0.717, 1.165) is 0 Å². The molecule has 5 N–H and O–H groups in total. The van der Waals surface area contributed by atoms with Gasteiger partial charge in [0.1, 0.15) is 18.3 Å². The highest BCUT2D eigenvalue weighted by atomic mass is 16.6. The number of aliphatic hydroxyl groups excluding tert-OH is 4. The lowest BCUT2D eigenvalue weighted by molar-refractivity contribution is -0.0511. The van der Waals surface area contributed by atoms with Crippen molar-refractivity contribution in [2.24, 2.45) is 0 Å². The Bertz CT molecular complexity index is 860. The third-order valence-electron chi connectivity index (χ3n) is 4.01. The number of aliphatic hydroxyl groups is 4. The SMILES string of the molecule is CONc1nc(C#CCC(C)O)nc2c1ncn2[C@@H]1O[C@H](CO)[C@@H](O)[C@H]1O. The van der Waals surface area contributed by atoms with Crippen LogP contribution in [-0.4, -0.2) is 78.1 Å². The van der Waals surface area contributed by atoms with Crippen LogP contribution >= 0.6 is 0 Å². The van der Waals surface area contributed by atoms with Gasteiger partial charge in [-0.25, -0.2) is 15.4 Å². The highest BCUT2D eigenvalue weighted by molar-refractivity contribution is 5.83. The number of aromatic nitrogens is 4. The van der Waals surface area contributed by atoms with Crippen LogP contribution in [0.5, 0.6) is 0 Å². The minimum absolute atomic E-state index is 0.149. The number of nitrogens with one attached hydrogen (secondary N) is 1. The Morgan fingerprint density at radius 3 is 2.78 bits per heavy atom. The van der Waals surface area contributed by atoms with Crippen molar-refractivity contribution in [1.82, 2.24) is 19.5 Å². The monoisotopic (exact) mass is 379 g/mol. The van der Waals surface area contributed by atoms with Crippen molar-refractivity contribution in [1.29, 1.82) is 0 Å². The molecule has 1 fully saturated rings. The standard InChI is InChI=1S/C16H21N5O6/c1-8(23)4-3-5-10-18-14(20-26-2)11-15(19-10)21(7-17-11)16-13(25)12(24)9(6-22)27-16/h7-9,12-13,16,22-25H,4,6H2,1-2H3,(H,18,19,20)/t8?,9-,12-,13-,16-/m1/s1. The van der Waals surface area contributed by atoms with E-state index in [1.54, 1.807) is 6.92 Å². The van der Waals surface area contributed by atoms with Gasteiger partial charge < -0.3 is 25.2 Å². The number of fused-ring (bicyclic) bond motifs is 1. The average molecular weight is 379 g/mol. The van der Waals surface area contributed by atoms with Gasteiger partial charge >= 0.3 is 0 Å². The van der Waals surface area contributed by atoms with Crippen LogP contribution in [-0.2, 0) is 9.57 Å². The molecule has 27 heavy (non-hydrogen) atoms. The zero-order chi connectivity index (χ0) is 19.6. The molecule has 3 heterocycles. The van der Waals surface area contributed by atoms with Crippen LogP contribution in [0.1, 0.15) is 25.4 Å². The van der Waals surface area contributed by atoms with Gasteiger partial charge in [-0.2, -0.15) is 4.98 Å². The van der Waals surface area contributed by atoms with Gasteiger partial charge in [0, 0.05) is 6.42 Å². The van der Waals surface area contributed by atoms with Crippen molar-refractivity contribution in [3.63, 3.8) is 0 Å². The normalized spacial score (nSPS) is 26.0. The van der Waals surface area contributed by atoms with Gasteiger partial charge in [0.25, 0.3) is 0 Å². The van der Waals surface area contributed by atoms with Crippen molar-refractivity contribution < 1.29 is 30.0 Å². The summed E-state index contributed by atoms with van der Waals surface area (Å²) >= 11 is 0. The maximum atomic E-state index is 10.3. The summed E-state index contributed by atoms with van der Waals surface area (Å²) in [5.74, 6) is 5.93. The fourth-order valence-electron chi connectivity index (χ4n) is 2.71. The minimum Gasteiger partial charge on any atom is -0.394 e. The van der Waals surface area contributed by atoms with Crippen molar-refractivity contribution in [2.75, 3.05) is 19.2 Å². The van der Waals surface area contributed by atoms with E-state index in [4.69, 9.17) is 9.57 Å². The van der Waals surface area contributed by atoms with E-state index in [1.807, 2.05) is 0 Å². The molecular weight excluding hydrogens is 358 g/mol. The Hall–Kier alpha value is -2.33. The summed E-state index contributed by atoms with van der Waals surface area (Å²) in [6.07, 6.45) is -3.39. The Balaban J connectivity index is 2.04. The van der Waals surface area contributed by atoms with Gasteiger partial charge in [-0.3, -0.25) is 9.40 Å². The Morgan fingerprint density at radius 1 is 1.37 bits per heavy atom. The summed E-state index contributed by atoms with van der Waals surface area (Å²) in [6, 6.07) is 0. The van der Waals surface area contributed by atoms with Crippen molar-refractivity contribution in [2.45, 2.75) is 44.0 Å². The molecule has 0 radical (unpaired) electrons. The lowest BCUT2D eigenvalue weighted by Crippen LogP contribution is -2.33. The predicted octanol–water partition coefficient (Wildman–Crippen LogP) is -1.47. The van der Waals surface area contributed by atoms with Crippen LogP contribution in [0.2, 0.25) is 0 Å². The largest absolute Gasteiger partial charge is 0.394 e. The van der Waals surface area contributed by atoms with Crippen LogP contribution in [0.3, 0.4) is 0 Å². The molecule has 2 aromatic heterocycles. The Labute approximate surface area is 154 Å². The van der Waals surface area contributed by atoms with Gasteiger partial charge in [0.05, 0.1) is 26.1 Å². The molecule has 11 heteroatoms. The maximum absolute atomic E-state index is 10.3. The molecule has 3 rings (SSSR count). The number of anilines is 1. The first kappa shape index (κ1) is 19.4. The van der Waals surface area contributed by atoms with Crippen LogP contribution in [0.15, 0.2) is 6.33 Å². The van der Waals surface area contributed by atoms with Gasteiger partial charge in [-0.15, -0.1) is 0 Å². The number of nitrogens with zero attached hydrogens (tertiary/aromatic N) is 4. The summed E-state index contributed by atoms with van der Waals surface area (Å²) < 4.78 is 6.96. The molecule has 0 bridgehead atoms. The first-order chi connectivity index (χ1) is 13.0. The minimum atomic E-state index is -1.28. The number of rotatable bonds is 5. The van der Waals surface area contributed by atoms with Crippen molar-refractivity contribution >= 4 is 17.0 Å². The molecule has 0 aromatic carbocycles. The molecule has 1 aliphatic heterocycles. The molecule has 2 aromatic rings. The molecular formula is C16H21N5O6. The van der Waals surface area contributed by atoms with E-state index >= 15 is 0 Å². The van der Waals surface area contributed by atoms with Crippen LogP contribution in [0.25, 0.3) is 11.2 Å². The van der Waals surface area contributed by atoms with Crippen LogP contribution in [0.4, 0.5) is 5.82 Å². The summed E-state index contributed by atoms with van der Waals surface area (Å²) in [5.41, 5.74) is 3.23. The number of imidazole rings is 1. The lowest BCUT2D eigenvalue weighted by Gasteiger charge is -2.16. The molecule has 1 saturated heterocycles. The van der Waals surface area contributed by atoms with E-state index in [1.165, 1.54) is 18.0 Å². The zero-order valence-electron chi connectivity index (χ0n) is 14.8. The van der Waals surface area contributed by atoms with Crippen LogP contribution in [0, 0.1) is 11.8 Å². The summed E-state index contributed by atoms with van der Waals surface area (Å²) in [6.45, 7) is 1.18. The smallest absolute Gasteiger partial charge is 0.209 e. The third-order valence-corrected chi connectivity index (χ3v) is 4.01. The molecule has 11 nitrogen and oxygen atoms in total. The van der Waals surface area contributed by atoms with E-state index < -0.39 is 37.3 Å². The molecule has 0 spiro atoms. The quantitative estimate of drug-likeness (QED) is 0.307. The van der Waals surface area contributed by atoms with Gasteiger partial charge in [0.15, 0.2) is 23.2 Å². The highest BCUT2D eigenvalue weighted by Gasteiger charge is 2.44. The first-order valence-electron chi connectivity index (χ1n) is 8.29. The average Bonchev–Trinajstić information content (AvgIpc) is 3.17. The molecule has 0 amide bonds. The van der Waals surface area contributed by atoms with E-state index in [2.05, 4.69) is 32.3 Å². The second-order valence-electron chi connectivity index (χ2n) is 6.11. The molecule has 1 unspecified atom stereocenters. The fourth-order valence-corrected chi connectivity index (χ4v) is 2.71. The topological polar surface area (TPSA) is 155 Å². The molecule has 146 valence electrons. The van der Waals surface area contributed by atoms with Gasteiger partial charge in [-0.05, 0) is 12.8 Å². The lowest BCUT2D eigenvalue weighted by atomic mass is 10.1. The molecule has 0 aliphatic carbocycles.